The van der Waals surface area contributed by atoms with Crippen LogP contribution in [-0.2, 0) is 9.53 Å². The number of rotatable bonds is 4. The summed E-state index contributed by atoms with van der Waals surface area (Å²) in [6.07, 6.45) is 4.47. The van der Waals surface area contributed by atoms with E-state index >= 15 is 0 Å². The molecular formula is C18H25NO3. The number of ether oxygens (including phenoxy) is 2. The molecule has 0 N–H and O–H groups in total. The molecule has 1 aromatic rings. The van der Waals surface area contributed by atoms with Crippen LogP contribution in [0, 0.1) is 12.8 Å². The minimum atomic E-state index is -0.0290. The van der Waals surface area contributed by atoms with Crippen LogP contribution in [-0.4, -0.2) is 43.2 Å². The quantitative estimate of drug-likeness (QED) is 0.858. The second-order valence-corrected chi connectivity index (χ2v) is 6.33. The fraction of sp³-hybridized carbons (Fsp3) is 0.611. The molecule has 2 aliphatic rings. The van der Waals surface area contributed by atoms with Crippen molar-refractivity contribution in [1.29, 1.82) is 0 Å². The van der Waals surface area contributed by atoms with Crippen molar-refractivity contribution in [3.05, 3.63) is 29.8 Å². The SMILES string of the molecule is Cc1ccccc1OC[C@@H]1CN(C(=O)C2CCCC2)CCO1. The third-order valence-electron chi connectivity index (χ3n) is 4.67. The maximum atomic E-state index is 12.5. The molecule has 1 atom stereocenters. The highest BCUT2D eigenvalue weighted by Gasteiger charge is 2.31. The van der Waals surface area contributed by atoms with Gasteiger partial charge in [0, 0.05) is 12.5 Å². The molecule has 4 heteroatoms. The average molecular weight is 303 g/mol. The van der Waals surface area contributed by atoms with Gasteiger partial charge in [0.25, 0.3) is 0 Å². The number of carbonyl (C=O) groups is 1. The third kappa shape index (κ3) is 3.61. The molecule has 1 aromatic carbocycles. The summed E-state index contributed by atoms with van der Waals surface area (Å²) in [7, 11) is 0. The van der Waals surface area contributed by atoms with Crippen molar-refractivity contribution in [3.8, 4) is 5.75 Å². The van der Waals surface area contributed by atoms with Crippen LogP contribution in [0.3, 0.4) is 0 Å². The van der Waals surface area contributed by atoms with Gasteiger partial charge in [-0.15, -0.1) is 0 Å². The Hall–Kier alpha value is -1.55. The van der Waals surface area contributed by atoms with Crippen molar-refractivity contribution in [2.24, 2.45) is 5.92 Å². The number of aryl methyl sites for hydroxylation is 1. The molecule has 1 amide bonds. The van der Waals surface area contributed by atoms with Gasteiger partial charge in [0.15, 0.2) is 0 Å². The zero-order chi connectivity index (χ0) is 15.4. The van der Waals surface area contributed by atoms with E-state index in [4.69, 9.17) is 9.47 Å². The van der Waals surface area contributed by atoms with Crippen LogP contribution in [0.5, 0.6) is 5.75 Å². The Bertz CT molecular complexity index is 511. The molecule has 0 aromatic heterocycles. The first-order valence-electron chi connectivity index (χ1n) is 8.33. The monoisotopic (exact) mass is 303 g/mol. The molecule has 1 aliphatic heterocycles. The summed E-state index contributed by atoms with van der Waals surface area (Å²) in [6.45, 7) is 4.52. The molecule has 1 heterocycles. The van der Waals surface area contributed by atoms with Gasteiger partial charge < -0.3 is 14.4 Å². The van der Waals surface area contributed by atoms with E-state index in [1.165, 1.54) is 12.8 Å². The molecule has 3 rings (SSSR count). The van der Waals surface area contributed by atoms with Crippen LogP contribution < -0.4 is 4.74 Å². The Morgan fingerprint density at radius 3 is 2.86 bits per heavy atom. The third-order valence-corrected chi connectivity index (χ3v) is 4.67. The molecular weight excluding hydrogens is 278 g/mol. The lowest BCUT2D eigenvalue weighted by atomic mass is 10.1. The van der Waals surface area contributed by atoms with E-state index in [1.807, 2.05) is 36.1 Å². The lowest BCUT2D eigenvalue weighted by Gasteiger charge is -2.34. The summed E-state index contributed by atoms with van der Waals surface area (Å²) in [5.41, 5.74) is 1.12. The number of morpholine rings is 1. The van der Waals surface area contributed by atoms with Crippen molar-refractivity contribution in [1.82, 2.24) is 4.90 Å². The number of hydrogen-bond acceptors (Lipinski definition) is 3. The second-order valence-electron chi connectivity index (χ2n) is 6.33. The van der Waals surface area contributed by atoms with Gasteiger partial charge in [-0.25, -0.2) is 0 Å². The van der Waals surface area contributed by atoms with Gasteiger partial charge in [0.05, 0.1) is 13.2 Å². The van der Waals surface area contributed by atoms with E-state index in [9.17, 15) is 4.79 Å². The zero-order valence-electron chi connectivity index (χ0n) is 13.3. The first kappa shape index (κ1) is 15.3. The number of carbonyl (C=O) groups excluding carboxylic acids is 1. The Kier molecular flexibility index (Phi) is 4.98. The molecule has 4 nitrogen and oxygen atoms in total. The minimum absolute atomic E-state index is 0.0290. The average Bonchev–Trinajstić information content (AvgIpc) is 3.08. The minimum Gasteiger partial charge on any atom is -0.491 e. The van der Waals surface area contributed by atoms with Gasteiger partial charge in [0.2, 0.25) is 5.91 Å². The Labute approximate surface area is 132 Å². The van der Waals surface area contributed by atoms with Crippen LogP contribution >= 0.6 is 0 Å². The maximum Gasteiger partial charge on any atom is 0.225 e. The first-order valence-corrected chi connectivity index (χ1v) is 8.33. The molecule has 1 saturated carbocycles. The fourth-order valence-corrected chi connectivity index (χ4v) is 3.35. The van der Waals surface area contributed by atoms with E-state index in [0.717, 1.165) is 30.7 Å². The number of para-hydroxylation sites is 1. The van der Waals surface area contributed by atoms with Crippen molar-refractivity contribution in [2.45, 2.75) is 38.7 Å². The normalized spacial score (nSPS) is 22.8. The summed E-state index contributed by atoms with van der Waals surface area (Å²) in [5, 5.41) is 0. The van der Waals surface area contributed by atoms with Crippen molar-refractivity contribution < 1.29 is 14.3 Å². The molecule has 22 heavy (non-hydrogen) atoms. The van der Waals surface area contributed by atoms with E-state index < -0.39 is 0 Å². The molecule has 0 bridgehead atoms. The molecule has 1 saturated heterocycles. The van der Waals surface area contributed by atoms with Gasteiger partial charge in [-0.2, -0.15) is 0 Å². The van der Waals surface area contributed by atoms with Gasteiger partial charge >= 0.3 is 0 Å². The predicted octanol–water partition coefficient (Wildman–Crippen LogP) is 2.79. The summed E-state index contributed by atoms with van der Waals surface area (Å²) in [6, 6.07) is 7.98. The van der Waals surface area contributed by atoms with Crippen LogP contribution in [0.1, 0.15) is 31.2 Å². The summed E-state index contributed by atoms with van der Waals surface area (Å²) < 4.78 is 11.6. The van der Waals surface area contributed by atoms with E-state index in [0.29, 0.717) is 25.7 Å². The Balaban J connectivity index is 1.52. The lowest BCUT2D eigenvalue weighted by molar-refractivity contribution is -0.144. The smallest absolute Gasteiger partial charge is 0.225 e. The number of hydrogen-bond donors (Lipinski definition) is 0. The lowest BCUT2D eigenvalue weighted by Crippen LogP contribution is -2.49. The molecule has 2 fully saturated rings. The molecule has 120 valence electrons. The number of amides is 1. The highest BCUT2D eigenvalue weighted by atomic mass is 16.5. The van der Waals surface area contributed by atoms with Crippen molar-refractivity contribution in [2.75, 3.05) is 26.3 Å². The predicted molar refractivity (Wildman–Crippen MR) is 85.0 cm³/mol. The van der Waals surface area contributed by atoms with Gasteiger partial charge in [-0.05, 0) is 31.4 Å². The van der Waals surface area contributed by atoms with Crippen LogP contribution in [0.2, 0.25) is 0 Å². The van der Waals surface area contributed by atoms with Crippen LogP contribution in [0.15, 0.2) is 24.3 Å². The van der Waals surface area contributed by atoms with Crippen LogP contribution in [0.25, 0.3) is 0 Å². The summed E-state index contributed by atoms with van der Waals surface area (Å²) >= 11 is 0. The number of benzene rings is 1. The molecule has 1 aliphatic carbocycles. The van der Waals surface area contributed by atoms with E-state index in [2.05, 4.69) is 0 Å². The van der Waals surface area contributed by atoms with Gasteiger partial charge in [-0.3, -0.25) is 4.79 Å². The summed E-state index contributed by atoms with van der Waals surface area (Å²) in [5.74, 6) is 1.46. The highest BCUT2D eigenvalue weighted by Crippen LogP contribution is 2.27. The van der Waals surface area contributed by atoms with Crippen molar-refractivity contribution in [3.63, 3.8) is 0 Å². The summed E-state index contributed by atoms with van der Waals surface area (Å²) in [4.78, 5) is 14.5. The van der Waals surface area contributed by atoms with Crippen molar-refractivity contribution >= 4 is 5.91 Å². The Morgan fingerprint density at radius 1 is 1.32 bits per heavy atom. The van der Waals surface area contributed by atoms with Gasteiger partial charge in [-0.1, -0.05) is 31.0 Å². The zero-order valence-corrected chi connectivity index (χ0v) is 13.3. The first-order chi connectivity index (χ1) is 10.7. The Morgan fingerprint density at radius 2 is 2.09 bits per heavy atom. The highest BCUT2D eigenvalue weighted by molar-refractivity contribution is 5.79. The fourth-order valence-electron chi connectivity index (χ4n) is 3.35. The maximum absolute atomic E-state index is 12.5. The molecule has 0 radical (unpaired) electrons. The second kappa shape index (κ2) is 7.14. The van der Waals surface area contributed by atoms with Crippen LogP contribution in [0.4, 0.5) is 0 Å². The van der Waals surface area contributed by atoms with E-state index in [1.54, 1.807) is 0 Å². The molecule has 0 unspecified atom stereocenters. The topological polar surface area (TPSA) is 38.8 Å². The van der Waals surface area contributed by atoms with E-state index in [-0.39, 0.29) is 12.0 Å². The molecule has 0 spiro atoms. The largest absolute Gasteiger partial charge is 0.491 e. The standard InChI is InChI=1S/C18H25NO3/c1-14-6-2-5-9-17(14)22-13-16-12-19(10-11-21-16)18(20)15-7-3-4-8-15/h2,5-6,9,15-16H,3-4,7-8,10-13H2,1H3/t16-/m0/s1. The number of nitrogens with zero attached hydrogens (tertiary/aromatic N) is 1. The van der Waals surface area contributed by atoms with Gasteiger partial charge in [0.1, 0.15) is 18.5 Å².